The Morgan fingerprint density at radius 3 is 2.53 bits per heavy atom. The molecule has 1 atom stereocenters. The minimum atomic E-state index is -4.61. The highest BCUT2D eigenvalue weighted by atomic mass is 79.9. The average Bonchev–Trinajstić information content (AvgIpc) is 2.27. The molecule has 19 heavy (non-hydrogen) atoms. The van der Waals surface area contributed by atoms with Crippen molar-refractivity contribution in [2.45, 2.75) is 18.6 Å². The molecule has 1 rings (SSSR count). The van der Waals surface area contributed by atoms with Crippen molar-refractivity contribution < 1.29 is 27.8 Å². The van der Waals surface area contributed by atoms with Gasteiger partial charge in [-0.1, -0.05) is 0 Å². The number of hydrogen-bond acceptors (Lipinski definition) is 3. The number of ether oxygens (including phenoxy) is 1. The summed E-state index contributed by atoms with van der Waals surface area (Å²) in [5.74, 6) is -1.35. The second-order valence-corrected chi connectivity index (χ2v) is 4.64. The highest BCUT2D eigenvalue weighted by Crippen LogP contribution is 2.38. The molecule has 1 unspecified atom stereocenters. The van der Waals surface area contributed by atoms with Crippen LogP contribution in [-0.2, 0) is 17.4 Å². The van der Waals surface area contributed by atoms with Crippen molar-refractivity contribution >= 4 is 21.9 Å². The van der Waals surface area contributed by atoms with E-state index >= 15 is 0 Å². The number of alkyl halides is 3. The number of aliphatic carboxylic acids is 1. The van der Waals surface area contributed by atoms with Crippen LogP contribution in [0.4, 0.5) is 13.2 Å². The van der Waals surface area contributed by atoms with Crippen molar-refractivity contribution in [1.82, 2.24) is 0 Å². The second kappa shape index (κ2) is 5.79. The number of halogens is 4. The van der Waals surface area contributed by atoms with Gasteiger partial charge < -0.3 is 15.6 Å². The zero-order valence-electron chi connectivity index (χ0n) is 9.79. The number of nitrogens with two attached hydrogens (primary N) is 1. The molecule has 0 aliphatic carbocycles. The predicted octanol–water partition coefficient (Wildman–Crippen LogP) is 2.43. The largest absolute Gasteiger partial charge is 0.496 e. The summed E-state index contributed by atoms with van der Waals surface area (Å²) < 4.78 is 43.8. The summed E-state index contributed by atoms with van der Waals surface area (Å²) in [4.78, 5) is 10.6. The monoisotopic (exact) mass is 341 g/mol. The van der Waals surface area contributed by atoms with Crippen LogP contribution in [0.15, 0.2) is 16.6 Å². The molecule has 0 aromatic heterocycles. The van der Waals surface area contributed by atoms with Crippen molar-refractivity contribution in [2.75, 3.05) is 7.11 Å². The van der Waals surface area contributed by atoms with Gasteiger partial charge in [0.25, 0.3) is 0 Å². The fourth-order valence-electron chi connectivity index (χ4n) is 1.51. The Labute approximate surface area is 115 Å². The Bertz CT molecular complexity index is 491. The van der Waals surface area contributed by atoms with Gasteiger partial charge in [-0.25, -0.2) is 0 Å². The molecule has 8 heteroatoms. The van der Waals surface area contributed by atoms with E-state index in [0.29, 0.717) is 4.47 Å². The van der Waals surface area contributed by atoms with Crippen LogP contribution in [0.3, 0.4) is 0 Å². The lowest BCUT2D eigenvalue weighted by molar-refractivity contribution is -0.140. The number of carboxylic acid groups (broad SMARTS) is 1. The lowest BCUT2D eigenvalue weighted by Gasteiger charge is -2.17. The highest BCUT2D eigenvalue weighted by molar-refractivity contribution is 9.10. The minimum Gasteiger partial charge on any atom is -0.496 e. The van der Waals surface area contributed by atoms with Gasteiger partial charge in [0.1, 0.15) is 11.8 Å². The minimum absolute atomic E-state index is 0.0139. The number of carboxylic acids is 1. The molecule has 0 aliphatic heterocycles. The van der Waals surface area contributed by atoms with Crippen LogP contribution in [0.2, 0.25) is 0 Å². The molecular weight excluding hydrogens is 331 g/mol. The third kappa shape index (κ3) is 3.84. The number of rotatable bonds is 4. The molecule has 4 nitrogen and oxygen atoms in total. The first kappa shape index (κ1) is 15.8. The van der Waals surface area contributed by atoms with Crippen LogP contribution in [0, 0.1) is 0 Å². The van der Waals surface area contributed by atoms with Gasteiger partial charge in [0.05, 0.1) is 17.1 Å². The van der Waals surface area contributed by atoms with Gasteiger partial charge in [-0.2, -0.15) is 13.2 Å². The Morgan fingerprint density at radius 1 is 1.53 bits per heavy atom. The van der Waals surface area contributed by atoms with Crippen molar-refractivity contribution in [3.63, 3.8) is 0 Å². The molecule has 0 fully saturated rings. The molecule has 0 radical (unpaired) electrons. The standard InChI is InChI=1S/C11H11BrF3NO3/c1-19-9-4-6(11(13,14)15)5(2-7(9)12)3-8(16)10(17)18/h2,4,8H,3,16H2,1H3,(H,17,18). The van der Waals surface area contributed by atoms with Crippen LogP contribution in [0.5, 0.6) is 5.75 Å². The van der Waals surface area contributed by atoms with E-state index in [1.54, 1.807) is 0 Å². The quantitative estimate of drug-likeness (QED) is 0.882. The van der Waals surface area contributed by atoms with Gasteiger partial charge in [0.2, 0.25) is 0 Å². The van der Waals surface area contributed by atoms with Crippen LogP contribution < -0.4 is 10.5 Å². The Kier molecular flexibility index (Phi) is 4.81. The van der Waals surface area contributed by atoms with E-state index in [1.807, 2.05) is 0 Å². The summed E-state index contributed by atoms with van der Waals surface area (Å²) in [5, 5.41) is 8.66. The summed E-state index contributed by atoms with van der Waals surface area (Å²) in [7, 11) is 1.24. The fraction of sp³-hybridized carbons (Fsp3) is 0.364. The van der Waals surface area contributed by atoms with E-state index in [-0.39, 0.29) is 11.3 Å². The van der Waals surface area contributed by atoms with Gasteiger partial charge in [-0.15, -0.1) is 0 Å². The van der Waals surface area contributed by atoms with Crippen LogP contribution in [0.1, 0.15) is 11.1 Å². The second-order valence-electron chi connectivity index (χ2n) is 3.79. The third-order valence-corrected chi connectivity index (χ3v) is 3.06. The summed E-state index contributed by atoms with van der Waals surface area (Å²) in [5.41, 5.74) is 4.11. The number of methoxy groups -OCH3 is 1. The molecule has 0 amide bonds. The summed E-state index contributed by atoms with van der Waals surface area (Å²) in [6.45, 7) is 0. The first-order chi connectivity index (χ1) is 8.66. The number of benzene rings is 1. The third-order valence-electron chi connectivity index (χ3n) is 2.44. The van der Waals surface area contributed by atoms with Crippen LogP contribution in [-0.4, -0.2) is 24.2 Å². The molecule has 1 aromatic carbocycles. The first-order valence-electron chi connectivity index (χ1n) is 5.08. The molecule has 1 aromatic rings. The Morgan fingerprint density at radius 2 is 2.11 bits per heavy atom. The first-order valence-corrected chi connectivity index (χ1v) is 5.88. The van der Waals surface area contributed by atoms with E-state index in [4.69, 9.17) is 15.6 Å². The summed E-state index contributed by atoms with van der Waals surface area (Å²) in [6, 6.07) is 0.583. The SMILES string of the molecule is COc1cc(C(F)(F)F)c(CC(N)C(=O)O)cc1Br. The van der Waals surface area contributed by atoms with E-state index in [9.17, 15) is 18.0 Å². The maximum atomic E-state index is 12.9. The summed E-state index contributed by atoms with van der Waals surface area (Å²) >= 11 is 3.05. The molecule has 0 aliphatic rings. The van der Waals surface area contributed by atoms with Gasteiger partial charge >= 0.3 is 12.1 Å². The van der Waals surface area contributed by atoms with E-state index in [2.05, 4.69) is 15.9 Å². The van der Waals surface area contributed by atoms with Crippen LogP contribution >= 0.6 is 15.9 Å². The fourth-order valence-corrected chi connectivity index (χ4v) is 2.06. The number of carbonyl (C=O) groups is 1. The van der Waals surface area contributed by atoms with Crippen molar-refractivity contribution in [3.05, 3.63) is 27.7 Å². The Balaban J connectivity index is 3.29. The lowest BCUT2D eigenvalue weighted by atomic mass is 10.00. The highest BCUT2D eigenvalue weighted by Gasteiger charge is 2.35. The topological polar surface area (TPSA) is 72.5 Å². The van der Waals surface area contributed by atoms with Gasteiger partial charge in [-0.3, -0.25) is 4.79 Å². The van der Waals surface area contributed by atoms with Crippen LogP contribution in [0.25, 0.3) is 0 Å². The van der Waals surface area contributed by atoms with E-state index in [0.717, 1.165) is 6.07 Å². The normalized spacial score (nSPS) is 13.2. The maximum absolute atomic E-state index is 12.9. The zero-order chi connectivity index (χ0) is 14.8. The molecule has 0 saturated heterocycles. The van der Waals surface area contributed by atoms with Gasteiger partial charge in [0.15, 0.2) is 0 Å². The van der Waals surface area contributed by atoms with Crippen molar-refractivity contribution in [2.24, 2.45) is 5.73 Å². The Hall–Kier alpha value is -1.28. The predicted molar refractivity (Wildman–Crippen MR) is 65.0 cm³/mol. The number of hydrogen-bond donors (Lipinski definition) is 2. The van der Waals surface area contributed by atoms with Gasteiger partial charge in [-0.05, 0) is 40.0 Å². The molecule has 0 heterocycles. The van der Waals surface area contributed by atoms with Crippen molar-refractivity contribution in [1.29, 1.82) is 0 Å². The lowest BCUT2D eigenvalue weighted by Crippen LogP contribution is -2.33. The van der Waals surface area contributed by atoms with E-state index < -0.39 is 30.2 Å². The molecule has 0 spiro atoms. The smallest absolute Gasteiger partial charge is 0.416 e. The van der Waals surface area contributed by atoms with E-state index in [1.165, 1.54) is 13.2 Å². The molecule has 106 valence electrons. The zero-order valence-corrected chi connectivity index (χ0v) is 11.4. The van der Waals surface area contributed by atoms with Crippen molar-refractivity contribution in [3.8, 4) is 5.75 Å². The maximum Gasteiger partial charge on any atom is 0.416 e. The average molecular weight is 342 g/mol. The molecular formula is C11H11BrF3NO3. The molecule has 0 saturated carbocycles. The van der Waals surface area contributed by atoms with Gasteiger partial charge in [0, 0.05) is 0 Å². The molecule has 0 bridgehead atoms. The summed E-state index contributed by atoms with van der Waals surface area (Å²) in [6.07, 6.45) is -5.03. The molecule has 3 N–H and O–H groups in total.